The molecule has 72 valence electrons. The van der Waals surface area contributed by atoms with Gasteiger partial charge in [0.15, 0.2) is 0 Å². The average Bonchev–Trinajstić information content (AvgIpc) is 2.11. The zero-order valence-electron chi connectivity index (χ0n) is 7.72. The number of benzene rings is 1. The van der Waals surface area contributed by atoms with Gasteiger partial charge in [-0.25, -0.2) is 0 Å². The molecule has 1 aromatic carbocycles. The molecule has 0 amide bonds. The van der Waals surface area contributed by atoms with Crippen molar-refractivity contribution in [3.05, 3.63) is 23.2 Å². The lowest BCUT2D eigenvalue weighted by Gasteiger charge is -2.04. The SMILES string of the molecule is CCCCSc1cc(Cl)ccc1N. The highest BCUT2D eigenvalue weighted by Gasteiger charge is 1.99. The van der Waals surface area contributed by atoms with Crippen molar-refractivity contribution in [3.8, 4) is 0 Å². The van der Waals surface area contributed by atoms with E-state index >= 15 is 0 Å². The van der Waals surface area contributed by atoms with Crippen LogP contribution in [0.1, 0.15) is 19.8 Å². The summed E-state index contributed by atoms with van der Waals surface area (Å²) < 4.78 is 0. The van der Waals surface area contributed by atoms with Gasteiger partial charge >= 0.3 is 0 Å². The summed E-state index contributed by atoms with van der Waals surface area (Å²) in [6, 6.07) is 5.61. The van der Waals surface area contributed by atoms with Crippen LogP contribution in [0.15, 0.2) is 23.1 Å². The van der Waals surface area contributed by atoms with Gasteiger partial charge in [0, 0.05) is 15.6 Å². The van der Waals surface area contributed by atoms with Gasteiger partial charge in [-0.15, -0.1) is 11.8 Å². The van der Waals surface area contributed by atoms with Crippen molar-refractivity contribution < 1.29 is 0 Å². The van der Waals surface area contributed by atoms with E-state index in [0.29, 0.717) is 0 Å². The molecule has 1 nitrogen and oxygen atoms in total. The number of rotatable bonds is 4. The van der Waals surface area contributed by atoms with Crippen molar-refractivity contribution in [1.82, 2.24) is 0 Å². The fourth-order valence-electron chi connectivity index (χ4n) is 0.960. The Morgan fingerprint density at radius 3 is 2.92 bits per heavy atom. The maximum atomic E-state index is 5.86. The highest BCUT2D eigenvalue weighted by atomic mass is 35.5. The highest BCUT2D eigenvalue weighted by molar-refractivity contribution is 7.99. The predicted octanol–water partition coefficient (Wildman–Crippen LogP) is 3.81. The van der Waals surface area contributed by atoms with E-state index in [1.165, 1.54) is 12.8 Å². The Hall–Kier alpha value is -0.340. The largest absolute Gasteiger partial charge is 0.398 e. The number of halogens is 1. The van der Waals surface area contributed by atoms with E-state index in [9.17, 15) is 0 Å². The molecular weight excluding hydrogens is 202 g/mol. The molecule has 3 heteroatoms. The van der Waals surface area contributed by atoms with Gasteiger partial charge in [0.05, 0.1) is 0 Å². The predicted molar refractivity (Wildman–Crippen MR) is 61.5 cm³/mol. The van der Waals surface area contributed by atoms with Gasteiger partial charge in [0.25, 0.3) is 0 Å². The Morgan fingerprint density at radius 2 is 2.23 bits per heavy atom. The second-order valence-corrected chi connectivity index (χ2v) is 4.46. The van der Waals surface area contributed by atoms with Crippen LogP contribution in [0.2, 0.25) is 5.02 Å². The minimum Gasteiger partial charge on any atom is -0.398 e. The van der Waals surface area contributed by atoms with Crippen molar-refractivity contribution in [3.63, 3.8) is 0 Å². The fraction of sp³-hybridized carbons (Fsp3) is 0.400. The van der Waals surface area contributed by atoms with Gasteiger partial charge < -0.3 is 5.73 Å². The number of hydrogen-bond donors (Lipinski definition) is 1. The lowest BCUT2D eigenvalue weighted by atomic mass is 10.3. The number of unbranched alkanes of at least 4 members (excludes halogenated alkanes) is 1. The second-order valence-electron chi connectivity index (χ2n) is 2.88. The van der Waals surface area contributed by atoms with Crippen molar-refractivity contribution >= 4 is 29.1 Å². The summed E-state index contributed by atoms with van der Waals surface area (Å²) in [4.78, 5) is 1.10. The molecular formula is C10H14ClNS. The van der Waals surface area contributed by atoms with Crippen LogP contribution >= 0.6 is 23.4 Å². The smallest absolute Gasteiger partial charge is 0.0453 e. The van der Waals surface area contributed by atoms with Crippen LogP contribution in [-0.4, -0.2) is 5.75 Å². The van der Waals surface area contributed by atoms with E-state index in [0.717, 1.165) is 21.4 Å². The first-order chi connectivity index (χ1) is 6.24. The molecule has 0 spiro atoms. The van der Waals surface area contributed by atoms with E-state index < -0.39 is 0 Å². The van der Waals surface area contributed by atoms with E-state index in [4.69, 9.17) is 17.3 Å². The molecule has 0 fully saturated rings. The molecule has 0 bridgehead atoms. The Morgan fingerprint density at radius 1 is 1.46 bits per heavy atom. The molecule has 1 aromatic rings. The molecule has 0 unspecified atom stereocenters. The summed E-state index contributed by atoms with van der Waals surface area (Å²) in [5.74, 6) is 1.11. The molecule has 1 rings (SSSR count). The lowest BCUT2D eigenvalue weighted by molar-refractivity contribution is 0.896. The monoisotopic (exact) mass is 215 g/mol. The first-order valence-corrected chi connectivity index (χ1v) is 5.78. The molecule has 0 saturated heterocycles. The quantitative estimate of drug-likeness (QED) is 0.470. The number of hydrogen-bond acceptors (Lipinski definition) is 2. The Bertz CT molecular complexity index is 276. The van der Waals surface area contributed by atoms with Crippen molar-refractivity contribution in [2.75, 3.05) is 11.5 Å². The number of nitrogen functional groups attached to an aromatic ring is 1. The second kappa shape index (κ2) is 5.40. The summed E-state index contributed by atoms with van der Waals surface area (Å²) in [6.45, 7) is 2.18. The van der Waals surface area contributed by atoms with Gasteiger partial charge in [0.1, 0.15) is 0 Å². The zero-order valence-corrected chi connectivity index (χ0v) is 9.29. The number of anilines is 1. The van der Waals surface area contributed by atoms with Gasteiger partial charge in [-0.2, -0.15) is 0 Å². The summed E-state index contributed by atoms with van der Waals surface area (Å²) >= 11 is 7.64. The molecule has 13 heavy (non-hydrogen) atoms. The average molecular weight is 216 g/mol. The summed E-state index contributed by atoms with van der Waals surface area (Å²) in [7, 11) is 0. The third-order valence-corrected chi connectivity index (χ3v) is 3.12. The standard InChI is InChI=1S/C10H14ClNS/c1-2-3-6-13-10-7-8(11)4-5-9(10)12/h4-5,7H,2-3,6,12H2,1H3. The fourth-order valence-corrected chi connectivity index (χ4v) is 2.29. The minimum absolute atomic E-state index is 0.758. The maximum absolute atomic E-state index is 5.86. The van der Waals surface area contributed by atoms with E-state index in [-0.39, 0.29) is 0 Å². The lowest BCUT2D eigenvalue weighted by Crippen LogP contribution is -1.88. The summed E-state index contributed by atoms with van der Waals surface area (Å²) in [5, 5.41) is 0.758. The maximum Gasteiger partial charge on any atom is 0.0453 e. The van der Waals surface area contributed by atoms with Gasteiger partial charge in [0.2, 0.25) is 0 Å². The zero-order chi connectivity index (χ0) is 9.68. The van der Waals surface area contributed by atoms with Crippen LogP contribution in [0.3, 0.4) is 0 Å². The van der Waals surface area contributed by atoms with Gasteiger partial charge in [-0.3, -0.25) is 0 Å². The third-order valence-electron chi connectivity index (χ3n) is 1.73. The van der Waals surface area contributed by atoms with Crippen LogP contribution in [0.5, 0.6) is 0 Å². The Kier molecular flexibility index (Phi) is 4.46. The highest BCUT2D eigenvalue weighted by Crippen LogP contribution is 2.28. The van der Waals surface area contributed by atoms with Crippen molar-refractivity contribution in [2.24, 2.45) is 0 Å². The van der Waals surface area contributed by atoms with Crippen LogP contribution < -0.4 is 5.73 Å². The molecule has 0 radical (unpaired) electrons. The Labute approximate surface area is 88.7 Å². The van der Waals surface area contributed by atoms with Crippen LogP contribution in [0.4, 0.5) is 5.69 Å². The third kappa shape index (κ3) is 3.49. The molecule has 0 atom stereocenters. The first-order valence-electron chi connectivity index (χ1n) is 4.42. The van der Waals surface area contributed by atoms with Crippen LogP contribution in [-0.2, 0) is 0 Å². The normalized spacial score (nSPS) is 10.3. The topological polar surface area (TPSA) is 26.0 Å². The molecule has 0 aliphatic carbocycles. The molecule has 0 aliphatic heterocycles. The molecule has 0 aliphatic rings. The van der Waals surface area contributed by atoms with Crippen molar-refractivity contribution in [1.29, 1.82) is 0 Å². The van der Waals surface area contributed by atoms with Gasteiger partial charge in [-0.1, -0.05) is 24.9 Å². The number of thioether (sulfide) groups is 1. The first kappa shape index (κ1) is 10.7. The van der Waals surface area contributed by atoms with Crippen molar-refractivity contribution in [2.45, 2.75) is 24.7 Å². The number of nitrogens with two attached hydrogens (primary N) is 1. The van der Waals surface area contributed by atoms with E-state index in [1.807, 2.05) is 18.2 Å². The molecule has 0 heterocycles. The van der Waals surface area contributed by atoms with E-state index in [2.05, 4.69) is 6.92 Å². The van der Waals surface area contributed by atoms with E-state index in [1.54, 1.807) is 11.8 Å². The van der Waals surface area contributed by atoms with Gasteiger partial charge in [-0.05, 0) is 30.4 Å². The minimum atomic E-state index is 0.758. The summed E-state index contributed by atoms with van der Waals surface area (Å²) in [6.07, 6.45) is 2.43. The molecule has 0 aromatic heterocycles. The molecule has 0 saturated carbocycles. The van der Waals surface area contributed by atoms with Crippen LogP contribution in [0, 0.1) is 0 Å². The molecule has 2 N–H and O–H groups in total. The van der Waals surface area contributed by atoms with Crippen LogP contribution in [0.25, 0.3) is 0 Å². The summed E-state index contributed by atoms with van der Waals surface area (Å²) in [5.41, 5.74) is 6.62. The Balaban J connectivity index is 2.59.